The zero-order valence-electron chi connectivity index (χ0n) is 10.3. The molecule has 0 spiro atoms. The summed E-state index contributed by atoms with van der Waals surface area (Å²) in [6, 6.07) is 16.6. The van der Waals surface area contributed by atoms with Gasteiger partial charge in [0.05, 0.1) is 0 Å². The van der Waals surface area contributed by atoms with E-state index >= 15 is 0 Å². The molecule has 0 aliphatic heterocycles. The molecule has 0 amide bonds. The number of carbonyl (C=O) groups is 1. The third kappa shape index (κ3) is 3.84. The molecular formula is C15H15NO2S. The predicted octanol–water partition coefficient (Wildman–Crippen LogP) is 3.06. The van der Waals surface area contributed by atoms with E-state index in [0.29, 0.717) is 5.56 Å². The minimum absolute atomic E-state index is 0.626. The third-order valence-corrected chi connectivity index (χ3v) is 3.84. The first-order valence-corrected chi connectivity index (χ1v) is 6.90. The number of carboxylic acid groups (broad SMARTS) is 1. The molecule has 0 radical (unpaired) electrons. The number of aliphatic carboxylic acids is 1. The van der Waals surface area contributed by atoms with Crippen molar-refractivity contribution < 1.29 is 9.90 Å². The van der Waals surface area contributed by atoms with Gasteiger partial charge < -0.3 is 10.8 Å². The third-order valence-electron chi connectivity index (χ3n) is 2.75. The van der Waals surface area contributed by atoms with Gasteiger partial charge in [-0.3, -0.25) is 4.79 Å². The number of nitrogens with two attached hydrogens (primary N) is 1. The van der Waals surface area contributed by atoms with E-state index in [4.69, 9.17) is 10.8 Å². The van der Waals surface area contributed by atoms with E-state index in [9.17, 15) is 4.79 Å². The van der Waals surface area contributed by atoms with Gasteiger partial charge >= 0.3 is 5.97 Å². The summed E-state index contributed by atoms with van der Waals surface area (Å²) in [5.41, 5.74) is 7.32. The molecule has 1 atom stereocenters. The predicted molar refractivity (Wildman–Crippen MR) is 77.0 cm³/mol. The molecule has 0 aliphatic carbocycles. The summed E-state index contributed by atoms with van der Waals surface area (Å²) in [6.45, 7) is 0. The highest BCUT2D eigenvalue weighted by molar-refractivity contribution is 7.98. The molecule has 2 aromatic rings. The van der Waals surface area contributed by atoms with Crippen LogP contribution in [0.25, 0.3) is 0 Å². The fourth-order valence-electron chi connectivity index (χ4n) is 1.65. The van der Waals surface area contributed by atoms with Gasteiger partial charge in [-0.2, -0.15) is 0 Å². The zero-order valence-corrected chi connectivity index (χ0v) is 11.1. The van der Waals surface area contributed by atoms with Crippen LogP contribution in [0.3, 0.4) is 0 Å². The van der Waals surface area contributed by atoms with Crippen LogP contribution in [0.15, 0.2) is 59.5 Å². The van der Waals surface area contributed by atoms with Gasteiger partial charge in [0.1, 0.15) is 6.04 Å². The van der Waals surface area contributed by atoms with Crippen LogP contribution in [0.2, 0.25) is 0 Å². The lowest BCUT2D eigenvalue weighted by atomic mass is 10.1. The first-order chi connectivity index (χ1) is 9.16. The van der Waals surface area contributed by atoms with Crippen LogP contribution in [0.4, 0.5) is 0 Å². The molecule has 3 N–H and O–H groups in total. The van der Waals surface area contributed by atoms with Gasteiger partial charge in [-0.15, -0.1) is 11.8 Å². The van der Waals surface area contributed by atoms with Gasteiger partial charge in [0.25, 0.3) is 0 Å². The molecule has 4 heteroatoms. The monoisotopic (exact) mass is 273 g/mol. The normalized spacial score (nSPS) is 12.1. The van der Waals surface area contributed by atoms with Crippen LogP contribution in [0.1, 0.15) is 17.2 Å². The Labute approximate surface area is 116 Å². The van der Waals surface area contributed by atoms with Crippen molar-refractivity contribution in [2.24, 2.45) is 5.73 Å². The Morgan fingerprint density at radius 1 is 1.11 bits per heavy atom. The molecule has 0 saturated heterocycles. The lowest BCUT2D eigenvalue weighted by molar-refractivity contribution is -0.138. The molecule has 19 heavy (non-hydrogen) atoms. The Balaban J connectivity index is 1.97. The fraction of sp³-hybridized carbons (Fsp3) is 0.133. The topological polar surface area (TPSA) is 63.3 Å². The van der Waals surface area contributed by atoms with Gasteiger partial charge in [0.15, 0.2) is 0 Å². The number of carboxylic acids is 1. The lowest BCUT2D eigenvalue weighted by Gasteiger charge is -2.08. The van der Waals surface area contributed by atoms with Crippen molar-refractivity contribution in [3.8, 4) is 0 Å². The van der Waals surface area contributed by atoms with E-state index in [1.807, 2.05) is 30.3 Å². The van der Waals surface area contributed by atoms with Crippen molar-refractivity contribution in [1.82, 2.24) is 0 Å². The summed E-state index contributed by atoms with van der Waals surface area (Å²) >= 11 is 1.75. The molecule has 2 aromatic carbocycles. The molecule has 0 fully saturated rings. The van der Waals surface area contributed by atoms with Crippen molar-refractivity contribution in [1.29, 1.82) is 0 Å². The van der Waals surface area contributed by atoms with Gasteiger partial charge in [-0.05, 0) is 23.3 Å². The number of rotatable bonds is 5. The van der Waals surface area contributed by atoms with Crippen LogP contribution < -0.4 is 5.73 Å². The molecule has 0 bridgehead atoms. The first kappa shape index (κ1) is 13.6. The summed E-state index contributed by atoms with van der Waals surface area (Å²) < 4.78 is 0. The molecule has 98 valence electrons. The summed E-state index contributed by atoms with van der Waals surface area (Å²) in [7, 11) is 0. The average Bonchev–Trinajstić information content (AvgIpc) is 2.46. The summed E-state index contributed by atoms with van der Waals surface area (Å²) in [5, 5.41) is 8.83. The number of hydrogen-bond acceptors (Lipinski definition) is 3. The Morgan fingerprint density at radius 2 is 1.74 bits per heavy atom. The fourth-order valence-corrected chi connectivity index (χ4v) is 2.52. The van der Waals surface area contributed by atoms with E-state index in [1.54, 1.807) is 23.9 Å². The van der Waals surface area contributed by atoms with Crippen LogP contribution in [0.5, 0.6) is 0 Å². The maximum atomic E-state index is 10.8. The number of benzene rings is 2. The second kappa shape index (κ2) is 6.41. The van der Waals surface area contributed by atoms with Crippen molar-refractivity contribution in [3.63, 3.8) is 0 Å². The highest BCUT2D eigenvalue weighted by atomic mass is 32.2. The van der Waals surface area contributed by atoms with Crippen molar-refractivity contribution in [2.45, 2.75) is 16.7 Å². The van der Waals surface area contributed by atoms with E-state index < -0.39 is 12.0 Å². The maximum absolute atomic E-state index is 10.8. The largest absolute Gasteiger partial charge is 0.480 e. The minimum atomic E-state index is -1.01. The quantitative estimate of drug-likeness (QED) is 0.822. The van der Waals surface area contributed by atoms with Crippen LogP contribution in [-0.4, -0.2) is 11.1 Å². The van der Waals surface area contributed by atoms with Crippen molar-refractivity contribution >= 4 is 17.7 Å². The second-order valence-electron chi connectivity index (χ2n) is 4.16. The van der Waals surface area contributed by atoms with Crippen LogP contribution >= 0.6 is 11.8 Å². The zero-order chi connectivity index (χ0) is 13.7. The van der Waals surface area contributed by atoms with Gasteiger partial charge in [0.2, 0.25) is 0 Å². The summed E-state index contributed by atoms with van der Waals surface area (Å²) in [5.74, 6) is -0.154. The Hall–Kier alpha value is -1.78. The highest BCUT2D eigenvalue weighted by Crippen LogP contribution is 2.23. The van der Waals surface area contributed by atoms with E-state index in [1.165, 1.54) is 4.90 Å². The average molecular weight is 273 g/mol. The van der Waals surface area contributed by atoms with E-state index in [2.05, 4.69) is 12.1 Å². The van der Waals surface area contributed by atoms with Gasteiger partial charge in [-0.25, -0.2) is 0 Å². The van der Waals surface area contributed by atoms with Crippen LogP contribution in [0, 0.1) is 0 Å². The summed E-state index contributed by atoms with van der Waals surface area (Å²) in [6.07, 6.45) is 0. The highest BCUT2D eigenvalue weighted by Gasteiger charge is 2.13. The Bertz CT molecular complexity index is 540. The standard InChI is InChI=1S/C15H15NO2S/c16-14(15(17)18)12-8-6-11(7-9-12)10-19-13-4-2-1-3-5-13/h1-9,14H,10,16H2,(H,17,18). The van der Waals surface area contributed by atoms with Gasteiger partial charge in [0, 0.05) is 10.6 Å². The molecule has 0 heterocycles. The maximum Gasteiger partial charge on any atom is 0.325 e. The minimum Gasteiger partial charge on any atom is -0.480 e. The molecule has 1 unspecified atom stereocenters. The molecular weight excluding hydrogens is 258 g/mol. The van der Waals surface area contributed by atoms with E-state index in [0.717, 1.165) is 11.3 Å². The number of thioether (sulfide) groups is 1. The number of hydrogen-bond donors (Lipinski definition) is 2. The van der Waals surface area contributed by atoms with Crippen molar-refractivity contribution in [3.05, 3.63) is 65.7 Å². The van der Waals surface area contributed by atoms with Crippen molar-refractivity contribution in [2.75, 3.05) is 0 Å². The van der Waals surface area contributed by atoms with Gasteiger partial charge in [-0.1, -0.05) is 42.5 Å². The summed E-state index contributed by atoms with van der Waals surface area (Å²) in [4.78, 5) is 12.0. The molecule has 0 aliphatic rings. The second-order valence-corrected chi connectivity index (χ2v) is 5.21. The molecule has 0 aromatic heterocycles. The Kier molecular flexibility index (Phi) is 4.60. The molecule has 2 rings (SSSR count). The molecule has 3 nitrogen and oxygen atoms in total. The van der Waals surface area contributed by atoms with Crippen LogP contribution in [-0.2, 0) is 10.5 Å². The Morgan fingerprint density at radius 3 is 2.32 bits per heavy atom. The first-order valence-electron chi connectivity index (χ1n) is 5.92. The molecule has 0 saturated carbocycles. The SMILES string of the molecule is NC(C(=O)O)c1ccc(CSc2ccccc2)cc1. The van der Waals surface area contributed by atoms with E-state index in [-0.39, 0.29) is 0 Å². The lowest BCUT2D eigenvalue weighted by Crippen LogP contribution is -2.20. The smallest absolute Gasteiger partial charge is 0.325 e.